The van der Waals surface area contributed by atoms with Gasteiger partial charge >= 0.3 is 5.69 Å². The van der Waals surface area contributed by atoms with Crippen molar-refractivity contribution in [1.29, 1.82) is 0 Å². The van der Waals surface area contributed by atoms with E-state index >= 15 is 0 Å². The molecule has 8 nitrogen and oxygen atoms in total. The van der Waals surface area contributed by atoms with Gasteiger partial charge in [0.1, 0.15) is 11.4 Å². The Morgan fingerprint density at radius 3 is 2.43 bits per heavy atom. The Labute approximate surface area is 163 Å². The summed E-state index contributed by atoms with van der Waals surface area (Å²) in [6, 6.07) is 16.8. The Hall–Kier alpha value is -3.68. The van der Waals surface area contributed by atoms with E-state index in [1.54, 1.807) is 26.2 Å². The second-order valence-corrected chi connectivity index (χ2v) is 5.97. The van der Waals surface area contributed by atoms with Gasteiger partial charge in [-0.05, 0) is 38.1 Å². The molecule has 0 unspecified atom stereocenters. The smallest absolute Gasteiger partial charge is 0.332 e. The largest absolute Gasteiger partial charge is 0.495 e. The Morgan fingerprint density at radius 2 is 1.79 bits per heavy atom. The highest BCUT2D eigenvalue weighted by molar-refractivity contribution is 5.72. The summed E-state index contributed by atoms with van der Waals surface area (Å²) in [5, 5.41) is 14.7. The predicted molar refractivity (Wildman–Crippen MR) is 109 cm³/mol. The maximum absolute atomic E-state index is 11.6. The first-order chi connectivity index (χ1) is 13.5. The first-order valence-corrected chi connectivity index (χ1v) is 8.80. The van der Waals surface area contributed by atoms with Crippen molar-refractivity contribution in [2.24, 2.45) is 0 Å². The Balaban J connectivity index is 2.11. The number of aryl methyl sites for hydroxylation is 1. The molecule has 1 N–H and O–H groups in total. The van der Waals surface area contributed by atoms with Crippen molar-refractivity contribution >= 4 is 28.8 Å². The van der Waals surface area contributed by atoms with Crippen molar-refractivity contribution in [2.45, 2.75) is 13.8 Å². The Bertz CT molecular complexity index is 979. The molecule has 0 atom stereocenters. The molecule has 0 aliphatic heterocycles. The van der Waals surface area contributed by atoms with Gasteiger partial charge < -0.3 is 15.0 Å². The van der Waals surface area contributed by atoms with E-state index < -0.39 is 4.92 Å². The SMILES string of the molecule is CCN(c1ccccc1)c1nc(C)c([N+](=O)[O-])c(Nc2ccccc2OC)n1. The molecule has 28 heavy (non-hydrogen) atoms. The highest BCUT2D eigenvalue weighted by atomic mass is 16.6. The van der Waals surface area contributed by atoms with Crippen LogP contribution in [0.1, 0.15) is 12.6 Å². The van der Waals surface area contributed by atoms with E-state index in [-0.39, 0.29) is 17.2 Å². The molecule has 3 rings (SSSR count). The molecule has 8 heteroatoms. The Kier molecular flexibility index (Phi) is 5.69. The average Bonchev–Trinajstić information content (AvgIpc) is 2.69. The summed E-state index contributed by atoms with van der Waals surface area (Å²) >= 11 is 0. The minimum absolute atomic E-state index is 0.117. The molecule has 0 radical (unpaired) electrons. The zero-order valence-electron chi connectivity index (χ0n) is 15.9. The van der Waals surface area contributed by atoms with E-state index in [1.807, 2.05) is 54.3 Å². The fraction of sp³-hybridized carbons (Fsp3) is 0.200. The molecule has 0 aliphatic rings. The van der Waals surface area contributed by atoms with Crippen molar-refractivity contribution in [3.05, 3.63) is 70.4 Å². The number of rotatable bonds is 7. The summed E-state index contributed by atoms with van der Waals surface area (Å²) in [7, 11) is 1.54. The summed E-state index contributed by atoms with van der Waals surface area (Å²) < 4.78 is 5.33. The molecule has 0 aliphatic carbocycles. The van der Waals surface area contributed by atoms with Crippen LogP contribution in [0.5, 0.6) is 5.75 Å². The molecule has 0 fully saturated rings. The number of nitrogens with zero attached hydrogens (tertiary/aromatic N) is 4. The number of anilines is 4. The lowest BCUT2D eigenvalue weighted by atomic mass is 10.2. The molecule has 0 spiro atoms. The third-order valence-electron chi connectivity index (χ3n) is 4.21. The number of nitro groups is 1. The van der Waals surface area contributed by atoms with Crippen LogP contribution in [-0.4, -0.2) is 28.5 Å². The molecule has 144 valence electrons. The van der Waals surface area contributed by atoms with Crippen LogP contribution in [-0.2, 0) is 0 Å². The second-order valence-electron chi connectivity index (χ2n) is 5.97. The predicted octanol–water partition coefficient (Wildman–Crippen LogP) is 4.60. The first-order valence-electron chi connectivity index (χ1n) is 8.80. The van der Waals surface area contributed by atoms with Crippen molar-refractivity contribution in [3.8, 4) is 5.75 Å². The maximum atomic E-state index is 11.6. The van der Waals surface area contributed by atoms with Gasteiger partial charge in [-0.15, -0.1) is 0 Å². The van der Waals surface area contributed by atoms with Crippen LogP contribution in [0, 0.1) is 17.0 Å². The van der Waals surface area contributed by atoms with Crippen molar-refractivity contribution in [3.63, 3.8) is 0 Å². The van der Waals surface area contributed by atoms with Gasteiger partial charge in [-0.3, -0.25) is 10.1 Å². The lowest BCUT2D eigenvalue weighted by Gasteiger charge is -2.22. The van der Waals surface area contributed by atoms with E-state index in [2.05, 4.69) is 15.3 Å². The number of para-hydroxylation sites is 3. The van der Waals surface area contributed by atoms with Crippen LogP contribution in [0.2, 0.25) is 0 Å². The topological polar surface area (TPSA) is 93.4 Å². The number of ether oxygens (including phenoxy) is 1. The standard InChI is InChI=1S/C20H21N5O3/c1-4-24(15-10-6-5-7-11-15)20-21-14(2)18(25(26)27)19(23-20)22-16-12-8-9-13-17(16)28-3/h5-13H,4H2,1-3H3,(H,21,22,23). The highest BCUT2D eigenvalue weighted by Gasteiger charge is 2.25. The molecule has 1 heterocycles. The van der Waals surface area contributed by atoms with Gasteiger partial charge in [0, 0.05) is 12.2 Å². The Morgan fingerprint density at radius 1 is 1.11 bits per heavy atom. The third-order valence-corrected chi connectivity index (χ3v) is 4.21. The number of hydrogen-bond donors (Lipinski definition) is 1. The minimum Gasteiger partial charge on any atom is -0.495 e. The molecule has 0 saturated heterocycles. The lowest BCUT2D eigenvalue weighted by Crippen LogP contribution is -2.20. The van der Waals surface area contributed by atoms with Gasteiger partial charge in [0.05, 0.1) is 17.7 Å². The normalized spacial score (nSPS) is 10.4. The monoisotopic (exact) mass is 379 g/mol. The summed E-state index contributed by atoms with van der Waals surface area (Å²) in [6.07, 6.45) is 0. The quantitative estimate of drug-likeness (QED) is 0.473. The van der Waals surface area contributed by atoms with E-state index in [1.165, 1.54) is 0 Å². The van der Waals surface area contributed by atoms with Crippen LogP contribution in [0.15, 0.2) is 54.6 Å². The van der Waals surface area contributed by atoms with Crippen molar-refractivity contribution in [1.82, 2.24) is 9.97 Å². The molecule has 1 aromatic heterocycles. The number of benzene rings is 2. The van der Waals surface area contributed by atoms with Crippen molar-refractivity contribution < 1.29 is 9.66 Å². The van der Waals surface area contributed by atoms with Crippen molar-refractivity contribution in [2.75, 3.05) is 23.9 Å². The van der Waals surface area contributed by atoms with Gasteiger partial charge in [0.15, 0.2) is 0 Å². The minimum atomic E-state index is -0.477. The third kappa shape index (κ3) is 3.85. The van der Waals surface area contributed by atoms with Gasteiger partial charge in [-0.1, -0.05) is 30.3 Å². The van der Waals surface area contributed by atoms with E-state index in [9.17, 15) is 10.1 Å². The molecule has 2 aromatic carbocycles. The molecule has 3 aromatic rings. The van der Waals surface area contributed by atoms with Crippen LogP contribution in [0.3, 0.4) is 0 Å². The average molecular weight is 379 g/mol. The summed E-state index contributed by atoms with van der Waals surface area (Å²) in [4.78, 5) is 21.9. The molecule has 0 saturated carbocycles. The zero-order chi connectivity index (χ0) is 20.1. The number of hydrogen-bond acceptors (Lipinski definition) is 7. The van der Waals surface area contributed by atoms with E-state index in [0.29, 0.717) is 23.9 Å². The van der Waals surface area contributed by atoms with E-state index in [4.69, 9.17) is 4.74 Å². The number of methoxy groups -OCH3 is 1. The maximum Gasteiger partial charge on any atom is 0.332 e. The highest BCUT2D eigenvalue weighted by Crippen LogP contribution is 2.34. The zero-order valence-corrected chi connectivity index (χ0v) is 15.9. The first kappa shape index (κ1) is 19.1. The fourth-order valence-corrected chi connectivity index (χ4v) is 2.90. The van der Waals surface area contributed by atoms with Gasteiger partial charge in [-0.25, -0.2) is 4.98 Å². The van der Waals surface area contributed by atoms with Gasteiger partial charge in [-0.2, -0.15) is 4.98 Å². The second kappa shape index (κ2) is 8.34. The summed E-state index contributed by atoms with van der Waals surface area (Å²) in [5.74, 6) is 1.06. The lowest BCUT2D eigenvalue weighted by molar-refractivity contribution is -0.385. The van der Waals surface area contributed by atoms with Gasteiger partial charge in [0.2, 0.25) is 11.8 Å². The van der Waals surface area contributed by atoms with Crippen LogP contribution < -0.4 is 15.0 Å². The van der Waals surface area contributed by atoms with E-state index in [0.717, 1.165) is 5.69 Å². The van der Waals surface area contributed by atoms with Crippen LogP contribution >= 0.6 is 0 Å². The molecule has 0 bridgehead atoms. The summed E-state index contributed by atoms with van der Waals surface area (Å²) in [5.41, 5.74) is 1.60. The summed E-state index contributed by atoms with van der Waals surface area (Å²) in [6.45, 7) is 4.19. The molecular formula is C20H21N5O3. The van der Waals surface area contributed by atoms with Crippen LogP contribution in [0.4, 0.5) is 28.8 Å². The number of aromatic nitrogens is 2. The van der Waals surface area contributed by atoms with Crippen LogP contribution in [0.25, 0.3) is 0 Å². The number of nitrogens with one attached hydrogen (secondary N) is 1. The van der Waals surface area contributed by atoms with Gasteiger partial charge in [0.25, 0.3) is 0 Å². The fourth-order valence-electron chi connectivity index (χ4n) is 2.90. The molecule has 0 amide bonds. The molecular weight excluding hydrogens is 358 g/mol.